The predicted octanol–water partition coefficient (Wildman–Crippen LogP) is 2.03. The molecule has 0 aliphatic heterocycles. The standard InChI is InChI=1S/C19H20N4O4S/c20-17(24)10-12-22(11-9-14-5-2-1-3-6-14)19(28)21-18(25)15-7-4-8-16(13-15)23(26)27/h1-8,13H,9-12H2,(H2,20,24)(H,21,25,28). The van der Waals surface area contributed by atoms with Crippen molar-refractivity contribution >= 4 is 34.8 Å². The molecule has 146 valence electrons. The van der Waals surface area contributed by atoms with Crippen molar-refractivity contribution in [2.24, 2.45) is 5.73 Å². The maximum absolute atomic E-state index is 12.4. The van der Waals surface area contributed by atoms with Crippen molar-refractivity contribution < 1.29 is 14.5 Å². The van der Waals surface area contributed by atoms with Gasteiger partial charge in [-0.05, 0) is 30.3 Å². The topological polar surface area (TPSA) is 119 Å². The number of hydrogen-bond donors (Lipinski definition) is 2. The highest BCUT2D eigenvalue weighted by Gasteiger charge is 2.16. The van der Waals surface area contributed by atoms with Gasteiger partial charge in [-0.1, -0.05) is 36.4 Å². The number of carbonyl (C=O) groups is 2. The Bertz CT molecular complexity index is 873. The van der Waals surface area contributed by atoms with Gasteiger partial charge in [0, 0.05) is 37.2 Å². The highest BCUT2D eigenvalue weighted by Crippen LogP contribution is 2.13. The molecule has 0 radical (unpaired) electrons. The first-order chi connectivity index (χ1) is 13.4. The number of nitrogens with two attached hydrogens (primary N) is 1. The molecule has 0 aliphatic rings. The molecule has 0 aromatic heterocycles. The molecule has 0 spiro atoms. The Balaban J connectivity index is 2.05. The van der Waals surface area contributed by atoms with Crippen LogP contribution in [0, 0.1) is 10.1 Å². The lowest BCUT2D eigenvalue weighted by Crippen LogP contribution is -2.44. The van der Waals surface area contributed by atoms with Crippen LogP contribution in [0.1, 0.15) is 22.3 Å². The Morgan fingerprint density at radius 1 is 1.11 bits per heavy atom. The lowest BCUT2D eigenvalue weighted by molar-refractivity contribution is -0.384. The van der Waals surface area contributed by atoms with Crippen molar-refractivity contribution in [3.05, 3.63) is 75.8 Å². The van der Waals surface area contributed by atoms with Gasteiger partial charge < -0.3 is 10.6 Å². The second-order valence-electron chi connectivity index (χ2n) is 6.01. The van der Waals surface area contributed by atoms with Crippen LogP contribution in [0.2, 0.25) is 0 Å². The van der Waals surface area contributed by atoms with Crippen molar-refractivity contribution in [2.75, 3.05) is 13.1 Å². The molecular formula is C19H20N4O4S. The summed E-state index contributed by atoms with van der Waals surface area (Å²) in [6.07, 6.45) is 0.744. The maximum Gasteiger partial charge on any atom is 0.270 e. The third-order valence-corrected chi connectivity index (χ3v) is 4.33. The quantitative estimate of drug-likeness (QED) is 0.398. The van der Waals surface area contributed by atoms with Crippen molar-refractivity contribution in [3.63, 3.8) is 0 Å². The number of thiocarbonyl (C=S) groups is 1. The van der Waals surface area contributed by atoms with Crippen LogP contribution in [0.3, 0.4) is 0 Å². The average Bonchev–Trinajstić information content (AvgIpc) is 2.68. The van der Waals surface area contributed by atoms with E-state index in [0.717, 1.165) is 5.56 Å². The van der Waals surface area contributed by atoms with Crippen molar-refractivity contribution in [3.8, 4) is 0 Å². The number of benzene rings is 2. The van der Waals surface area contributed by atoms with Gasteiger partial charge in [0.05, 0.1) is 4.92 Å². The fraction of sp³-hybridized carbons (Fsp3) is 0.211. The van der Waals surface area contributed by atoms with Gasteiger partial charge >= 0.3 is 0 Å². The number of hydrogen-bond acceptors (Lipinski definition) is 5. The van der Waals surface area contributed by atoms with Crippen LogP contribution < -0.4 is 11.1 Å². The molecule has 0 fully saturated rings. The van der Waals surface area contributed by atoms with Crippen molar-refractivity contribution in [1.82, 2.24) is 10.2 Å². The zero-order chi connectivity index (χ0) is 20.5. The second-order valence-corrected chi connectivity index (χ2v) is 6.39. The Morgan fingerprint density at radius 3 is 2.46 bits per heavy atom. The molecule has 0 heterocycles. The third-order valence-electron chi connectivity index (χ3n) is 3.97. The molecule has 2 aromatic rings. The van der Waals surface area contributed by atoms with Crippen LogP contribution in [0.4, 0.5) is 5.69 Å². The van der Waals surface area contributed by atoms with Gasteiger partial charge in [-0.15, -0.1) is 0 Å². The van der Waals surface area contributed by atoms with Crippen molar-refractivity contribution in [2.45, 2.75) is 12.8 Å². The molecule has 3 N–H and O–H groups in total. The van der Waals surface area contributed by atoms with E-state index in [-0.39, 0.29) is 29.3 Å². The predicted molar refractivity (Wildman–Crippen MR) is 109 cm³/mol. The SMILES string of the molecule is NC(=O)CCN(CCc1ccccc1)C(=S)NC(=O)c1cccc([N+](=O)[O-])c1. The highest BCUT2D eigenvalue weighted by atomic mass is 32.1. The number of nitrogens with zero attached hydrogens (tertiary/aromatic N) is 2. The van der Waals surface area contributed by atoms with Crippen LogP contribution >= 0.6 is 12.2 Å². The zero-order valence-corrected chi connectivity index (χ0v) is 15.9. The molecular weight excluding hydrogens is 380 g/mol. The zero-order valence-electron chi connectivity index (χ0n) is 15.0. The van der Waals surface area contributed by atoms with Gasteiger partial charge in [-0.2, -0.15) is 0 Å². The van der Waals surface area contributed by atoms with E-state index < -0.39 is 16.7 Å². The maximum atomic E-state index is 12.4. The number of non-ortho nitro benzene ring substituents is 1. The molecule has 0 aliphatic carbocycles. The minimum Gasteiger partial charge on any atom is -0.370 e. The number of rotatable bonds is 8. The second kappa shape index (κ2) is 10.1. The monoisotopic (exact) mass is 400 g/mol. The first-order valence-corrected chi connectivity index (χ1v) is 8.94. The van der Waals surface area contributed by atoms with E-state index in [4.69, 9.17) is 18.0 Å². The van der Waals surface area contributed by atoms with Crippen LogP contribution in [0.25, 0.3) is 0 Å². The van der Waals surface area contributed by atoms with Gasteiger partial charge in [-0.3, -0.25) is 25.0 Å². The molecule has 2 rings (SSSR count). The van der Waals surface area contributed by atoms with Gasteiger partial charge in [0.2, 0.25) is 5.91 Å². The smallest absolute Gasteiger partial charge is 0.270 e. The minimum atomic E-state index is -0.575. The summed E-state index contributed by atoms with van der Waals surface area (Å²) in [4.78, 5) is 35.5. The van der Waals surface area contributed by atoms with E-state index in [1.54, 1.807) is 4.90 Å². The van der Waals surface area contributed by atoms with Crippen LogP contribution in [0.15, 0.2) is 54.6 Å². The number of amides is 2. The minimum absolute atomic E-state index is 0.0849. The highest BCUT2D eigenvalue weighted by molar-refractivity contribution is 7.80. The van der Waals surface area contributed by atoms with E-state index in [2.05, 4.69) is 5.32 Å². The summed E-state index contributed by atoms with van der Waals surface area (Å²) in [7, 11) is 0. The number of nitro groups is 1. The fourth-order valence-corrected chi connectivity index (χ4v) is 2.75. The van der Waals surface area contributed by atoms with Crippen molar-refractivity contribution in [1.29, 1.82) is 0 Å². The number of nitrogens with one attached hydrogen (secondary N) is 1. The van der Waals surface area contributed by atoms with E-state index in [1.807, 2.05) is 30.3 Å². The summed E-state index contributed by atoms with van der Waals surface area (Å²) < 4.78 is 0. The number of carbonyl (C=O) groups excluding carboxylic acids is 2. The normalized spacial score (nSPS) is 10.1. The Kier molecular flexibility index (Phi) is 7.58. The summed E-state index contributed by atoms with van der Waals surface area (Å²) in [5.41, 5.74) is 6.24. The largest absolute Gasteiger partial charge is 0.370 e. The molecule has 8 nitrogen and oxygen atoms in total. The summed E-state index contributed by atoms with van der Waals surface area (Å²) in [5.74, 6) is -1.03. The Labute approximate surface area is 167 Å². The molecule has 0 unspecified atom stereocenters. The lowest BCUT2D eigenvalue weighted by Gasteiger charge is -2.25. The number of primary amides is 1. The average molecular weight is 400 g/mol. The van der Waals surface area contributed by atoms with E-state index in [9.17, 15) is 19.7 Å². The molecule has 0 saturated carbocycles. The molecule has 2 amide bonds. The number of nitro benzene ring substituents is 1. The first kappa shape index (κ1) is 21.0. The first-order valence-electron chi connectivity index (χ1n) is 8.54. The summed E-state index contributed by atoms with van der Waals surface area (Å²) in [6.45, 7) is 0.738. The van der Waals surface area contributed by atoms with E-state index in [1.165, 1.54) is 24.3 Å². The van der Waals surface area contributed by atoms with Crippen LogP contribution in [0.5, 0.6) is 0 Å². The molecule has 9 heteroatoms. The summed E-state index contributed by atoms with van der Waals surface area (Å²) >= 11 is 5.31. The Hall–Kier alpha value is -3.33. The van der Waals surface area contributed by atoms with Gasteiger partial charge in [0.25, 0.3) is 11.6 Å². The molecule has 28 heavy (non-hydrogen) atoms. The molecule has 2 aromatic carbocycles. The fourth-order valence-electron chi connectivity index (χ4n) is 2.48. The van der Waals surface area contributed by atoms with Gasteiger partial charge in [0.15, 0.2) is 5.11 Å². The summed E-state index contributed by atoms with van der Waals surface area (Å²) in [6, 6.07) is 15.1. The van der Waals surface area contributed by atoms with E-state index in [0.29, 0.717) is 13.0 Å². The van der Waals surface area contributed by atoms with E-state index >= 15 is 0 Å². The summed E-state index contributed by atoms with van der Waals surface area (Å²) in [5, 5.41) is 13.6. The molecule has 0 bridgehead atoms. The van der Waals surface area contributed by atoms with Gasteiger partial charge in [-0.25, -0.2) is 0 Å². The van der Waals surface area contributed by atoms with Crippen LogP contribution in [-0.4, -0.2) is 39.8 Å². The molecule has 0 saturated heterocycles. The van der Waals surface area contributed by atoms with Crippen LogP contribution in [-0.2, 0) is 11.2 Å². The Morgan fingerprint density at radius 2 is 1.82 bits per heavy atom. The lowest BCUT2D eigenvalue weighted by atomic mass is 10.1. The molecule has 0 atom stereocenters. The van der Waals surface area contributed by atoms with Gasteiger partial charge in [0.1, 0.15) is 0 Å². The third kappa shape index (κ3) is 6.44.